The highest BCUT2D eigenvalue weighted by Gasteiger charge is 2.16. The van der Waals surface area contributed by atoms with Crippen molar-refractivity contribution >= 4 is 11.8 Å². The first-order chi connectivity index (χ1) is 6.99. The van der Waals surface area contributed by atoms with Gasteiger partial charge in [-0.2, -0.15) is 0 Å². The molecule has 1 nitrogen and oxygen atoms in total. The summed E-state index contributed by atoms with van der Waals surface area (Å²) in [5.74, 6) is 0. The van der Waals surface area contributed by atoms with E-state index in [1.165, 1.54) is 22.6 Å². The van der Waals surface area contributed by atoms with Gasteiger partial charge in [0.2, 0.25) is 0 Å². The summed E-state index contributed by atoms with van der Waals surface area (Å²) in [6.45, 7) is 8.86. The molecule has 0 saturated heterocycles. The average Bonchev–Trinajstić information content (AvgIpc) is 2.17. The van der Waals surface area contributed by atoms with Crippen molar-refractivity contribution in [1.29, 1.82) is 0 Å². The molecule has 1 aromatic heterocycles. The van der Waals surface area contributed by atoms with Crippen LogP contribution in [0.4, 0.5) is 0 Å². The molecule has 0 fully saturated rings. The molecule has 0 aliphatic carbocycles. The van der Waals surface area contributed by atoms with Gasteiger partial charge >= 0.3 is 0 Å². The molecule has 0 saturated carbocycles. The third kappa shape index (κ3) is 3.23. The minimum Gasteiger partial charge on any atom is -0.260 e. The number of rotatable bonds is 3. The molecule has 0 aliphatic rings. The smallest absolute Gasteiger partial charge is 0.0460 e. The highest BCUT2D eigenvalue weighted by atomic mass is 32.2. The molecule has 0 aliphatic heterocycles. The fraction of sp³-hybridized carbons (Fsp3) is 0.615. The van der Waals surface area contributed by atoms with E-state index < -0.39 is 0 Å². The van der Waals surface area contributed by atoms with Crippen LogP contribution in [0.1, 0.15) is 45.4 Å². The van der Waals surface area contributed by atoms with Crippen molar-refractivity contribution in [2.45, 2.75) is 50.8 Å². The molecule has 84 valence electrons. The first kappa shape index (κ1) is 12.6. The Morgan fingerprint density at radius 3 is 2.47 bits per heavy atom. The van der Waals surface area contributed by atoms with Crippen LogP contribution in [0.2, 0.25) is 0 Å². The number of aromatic nitrogens is 1. The largest absolute Gasteiger partial charge is 0.260 e. The first-order valence-corrected chi connectivity index (χ1v) is 6.75. The van der Waals surface area contributed by atoms with E-state index in [0.29, 0.717) is 0 Å². The standard InChI is InChI=1S/C13H21NS/c1-6-7-10-8-12(13(2,3)4)14-9-11(10)15-5/h8-9H,6-7H2,1-5H3. The minimum atomic E-state index is 0.152. The van der Waals surface area contributed by atoms with E-state index in [-0.39, 0.29) is 5.41 Å². The minimum absolute atomic E-state index is 0.152. The molecular weight excluding hydrogens is 202 g/mol. The van der Waals surface area contributed by atoms with E-state index in [1.54, 1.807) is 11.8 Å². The molecule has 0 bridgehead atoms. The number of thioether (sulfide) groups is 1. The van der Waals surface area contributed by atoms with Gasteiger partial charge in [-0.1, -0.05) is 34.1 Å². The highest BCUT2D eigenvalue weighted by molar-refractivity contribution is 7.98. The van der Waals surface area contributed by atoms with Gasteiger partial charge in [0.05, 0.1) is 0 Å². The summed E-state index contributed by atoms with van der Waals surface area (Å²) in [4.78, 5) is 5.87. The van der Waals surface area contributed by atoms with Crippen LogP contribution in [0.25, 0.3) is 0 Å². The predicted octanol–water partition coefficient (Wildman–Crippen LogP) is 4.05. The van der Waals surface area contributed by atoms with E-state index in [9.17, 15) is 0 Å². The normalized spacial score (nSPS) is 11.8. The molecule has 2 heteroatoms. The van der Waals surface area contributed by atoms with Gasteiger partial charge < -0.3 is 0 Å². The van der Waals surface area contributed by atoms with Crippen LogP contribution >= 0.6 is 11.8 Å². The fourth-order valence-electron chi connectivity index (χ4n) is 1.54. The Morgan fingerprint density at radius 2 is 2.00 bits per heavy atom. The van der Waals surface area contributed by atoms with Crippen LogP contribution in [0.15, 0.2) is 17.2 Å². The van der Waals surface area contributed by atoms with E-state index in [4.69, 9.17) is 0 Å². The summed E-state index contributed by atoms with van der Waals surface area (Å²) < 4.78 is 0. The second-order valence-corrected chi connectivity index (χ2v) is 5.73. The predicted molar refractivity (Wildman–Crippen MR) is 68.7 cm³/mol. The topological polar surface area (TPSA) is 12.9 Å². The van der Waals surface area contributed by atoms with Crippen LogP contribution in [0.3, 0.4) is 0 Å². The van der Waals surface area contributed by atoms with Crippen LogP contribution in [-0.2, 0) is 11.8 Å². The molecule has 0 aromatic carbocycles. The number of hydrogen-bond acceptors (Lipinski definition) is 2. The maximum atomic E-state index is 4.54. The maximum absolute atomic E-state index is 4.54. The monoisotopic (exact) mass is 223 g/mol. The summed E-state index contributed by atoms with van der Waals surface area (Å²) in [6.07, 6.45) is 6.49. The van der Waals surface area contributed by atoms with E-state index in [0.717, 1.165) is 6.42 Å². The Balaban J connectivity index is 3.10. The maximum Gasteiger partial charge on any atom is 0.0460 e. The Bertz CT molecular complexity index is 326. The molecule has 0 amide bonds. The summed E-state index contributed by atoms with van der Waals surface area (Å²) in [5, 5.41) is 0. The molecular formula is C13H21NS. The van der Waals surface area contributed by atoms with E-state index in [2.05, 4.69) is 45.0 Å². The molecule has 15 heavy (non-hydrogen) atoms. The number of hydrogen-bond donors (Lipinski definition) is 0. The van der Waals surface area contributed by atoms with Crippen molar-refractivity contribution in [1.82, 2.24) is 4.98 Å². The van der Waals surface area contributed by atoms with Gasteiger partial charge in [0.25, 0.3) is 0 Å². The lowest BCUT2D eigenvalue weighted by Gasteiger charge is -2.19. The number of aryl methyl sites for hydroxylation is 1. The molecule has 0 atom stereocenters. The summed E-state index contributed by atoms with van der Waals surface area (Å²) >= 11 is 1.79. The van der Waals surface area contributed by atoms with Crippen LogP contribution < -0.4 is 0 Å². The second-order valence-electron chi connectivity index (χ2n) is 4.88. The molecule has 1 rings (SSSR count). The molecule has 0 radical (unpaired) electrons. The number of nitrogens with zero attached hydrogens (tertiary/aromatic N) is 1. The highest BCUT2D eigenvalue weighted by Crippen LogP contribution is 2.26. The fourth-order valence-corrected chi connectivity index (χ4v) is 2.12. The van der Waals surface area contributed by atoms with Gasteiger partial charge in [-0.05, 0) is 24.3 Å². The van der Waals surface area contributed by atoms with Crippen LogP contribution in [-0.4, -0.2) is 11.2 Å². The van der Waals surface area contributed by atoms with Crippen molar-refractivity contribution in [3.8, 4) is 0 Å². The Labute approximate surface area is 97.7 Å². The zero-order valence-electron chi connectivity index (χ0n) is 10.4. The lowest BCUT2D eigenvalue weighted by Crippen LogP contribution is -2.14. The van der Waals surface area contributed by atoms with Crippen molar-refractivity contribution in [3.63, 3.8) is 0 Å². The van der Waals surface area contributed by atoms with E-state index in [1.807, 2.05) is 6.20 Å². The lowest BCUT2D eigenvalue weighted by molar-refractivity contribution is 0.566. The molecule has 0 spiro atoms. The third-order valence-electron chi connectivity index (χ3n) is 2.46. The van der Waals surface area contributed by atoms with Crippen molar-refractivity contribution in [3.05, 3.63) is 23.5 Å². The van der Waals surface area contributed by atoms with Crippen LogP contribution in [0.5, 0.6) is 0 Å². The Hall–Kier alpha value is -0.500. The zero-order chi connectivity index (χ0) is 11.5. The quantitative estimate of drug-likeness (QED) is 0.717. The van der Waals surface area contributed by atoms with Gasteiger partial charge in [-0.25, -0.2) is 0 Å². The SMILES string of the molecule is CCCc1cc(C(C)(C)C)ncc1SC. The summed E-state index contributed by atoms with van der Waals surface area (Å²) in [5.41, 5.74) is 2.80. The van der Waals surface area contributed by atoms with Crippen molar-refractivity contribution in [2.75, 3.05) is 6.26 Å². The van der Waals surface area contributed by atoms with Gasteiger partial charge in [0.1, 0.15) is 0 Å². The molecule has 0 N–H and O–H groups in total. The molecule has 1 aromatic rings. The average molecular weight is 223 g/mol. The van der Waals surface area contributed by atoms with Crippen LogP contribution in [0, 0.1) is 0 Å². The van der Waals surface area contributed by atoms with Gasteiger partial charge in [0.15, 0.2) is 0 Å². The lowest BCUT2D eigenvalue weighted by atomic mass is 9.90. The zero-order valence-corrected chi connectivity index (χ0v) is 11.2. The summed E-state index contributed by atoms with van der Waals surface area (Å²) in [7, 11) is 0. The molecule has 0 unspecified atom stereocenters. The van der Waals surface area contributed by atoms with Crippen molar-refractivity contribution in [2.24, 2.45) is 0 Å². The Kier molecular flexibility index (Phi) is 4.21. The third-order valence-corrected chi connectivity index (χ3v) is 3.26. The summed E-state index contributed by atoms with van der Waals surface area (Å²) in [6, 6.07) is 2.27. The first-order valence-electron chi connectivity index (χ1n) is 5.52. The Morgan fingerprint density at radius 1 is 1.33 bits per heavy atom. The van der Waals surface area contributed by atoms with Gasteiger partial charge in [-0.15, -0.1) is 11.8 Å². The second kappa shape index (κ2) is 5.02. The number of pyridine rings is 1. The van der Waals surface area contributed by atoms with Gasteiger partial charge in [-0.3, -0.25) is 4.98 Å². The van der Waals surface area contributed by atoms with E-state index >= 15 is 0 Å². The van der Waals surface area contributed by atoms with Crippen molar-refractivity contribution < 1.29 is 0 Å². The van der Waals surface area contributed by atoms with Gasteiger partial charge in [0, 0.05) is 22.2 Å². The molecule has 1 heterocycles.